The van der Waals surface area contributed by atoms with Crippen molar-refractivity contribution in [2.45, 2.75) is 19.4 Å². The fraction of sp³-hybridized carbons (Fsp3) is 0.455. The predicted octanol–water partition coefficient (Wildman–Crippen LogP) is 0.922. The van der Waals surface area contributed by atoms with E-state index in [0.29, 0.717) is 0 Å². The maximum absolute atomic E-state index is 9.68. The van der Waals surface area contributed by atoms with Crippen LogP contribution in [0, 0.1) is 6.92 Å². The van der Waals surface area contributed by atoms with Crippen LogP contribution in [0.2, 0.25) is 0 Å². The van der Waals surface area contributed by atoms with Gasteiger partial charge < -0.3 is 15.6 Å². The Morgan fingerprint density at radius 1 is 1.57 bits per heavy atom. The first-order valence-corrected chi connectivity index (χ1v) is 4.86. The fourth-order valence-electron chi connectivity index (χ4n) is 1.83. The van der Waals surface area contributed by atoms with Crippen LogP contribution >= 0.6 is 0 Å². The van der Waals surface area contributed by atoms with Crippen molar-refractivity contribution in [3.63, 3.8) is 0 Å². The van der Waals surface area contributed by atoms with Crippen LogP contribution in [0.5, 0.6) is 5.75 Å². The summed E-state index contributed by atoms with van der Waals surface area (Å²) in [5, 5.41) is 9.68. The van der Waals surface area contributed by atoms with Crippen molar-refractivity contribution in [2.75, 3.05) is 13.2 Å². The summed E-state index contributed by atoms with van der Waals surface area (Å²) in [5.41, 5.74) is 8.59. The molecular formula is C11H15NO2. The second-order valence-corrected chi connectivity index (χ2v) is 3.67. The molecule has 0 saturated carbocycles. The molecule has 1 aromatic rings. The van der Waals surface area contributed by atoms with Crippen LogP contribution in [0.1, 0.15) is 22.8 Å². The van der Waals surface area contributed by atoms with Gasteiger partial charge in [0.15, 0.2) is 0 Å². The van der Waals surface area contributed by atoms with Gasteiger partial charge in [-0.3, -0.25) is 0 Å². The van der Waals surface area contributed by atoms with Gasteiger partial charge in [-0.1, -0.05) is 0 Å². The van der Waals surface area contributed by atoms with E-state index in [0.717, 1.165) is 29.9 Å². The summed E-state index contributed by atoms with van der Waals surface area (Å²) in [6.45, 7) is 2.98. The Kier molecular flexibility index (Phi) is 2.44. The molecule has 1 heterocycles. The fourth-order valence-corrected chi connectivity index (χ4v) is 1.83. The van der Waals surface area contributed by atoms with Crippen LogP contribution in [0.15, 0.2) is 12.1 Å². The van der Waals surface area contributed by atoms with Gasteiger partial charge >= 0.3 is 0 Å². The van der Waals surface area contributed by atoms with E-state index < -0.39 is 6.10 Å². The second kappa shape index (κ2) is 3.59. The molecule has 14 heavy (non-hydrogen) atoms. The predicted molar refractivity (Wildman–Crippen MR) is 54.4 cm³/mol. The minimum absolute atomic E-state index is 0.264. The van der Waals surface area contributed by atoms with Crippen molar-refractivity contribution < 1.29 is 9.84 Å². The van der Waals surface area contributed by atoms with Crippen molar-refractivity contribution in [1.82, 2.24) is 0 Å². The average molecular weight is 193 g/mol. The second-order valence-electron chi connectivity index (χ2n) is 3.67. The molecule has 0 radical (unpaired) electrons. The smallest absolute Gasteiger partial charge is 0.122 e. The third-order valence-electron chi connectivity index (χ3n) is 2.66. The number of hydrogen-bond acceptors (Lipinski definition) is 3. The van der Waals surface area contributed by atoms with E-state index >= 15 is 0 Å². The molecule has 76 valence electrons. The molecule has 0 saturated heterocycles. The Hall–Kier alpha value is -1.06. The van der Waals surface area contributed by atoms with Gasteiger partial charge in [0.05, 0.1) is 12.7 Å². The number of fused-ring (bicyclic) bond motifs is 1. The quantitative estimate of drug-likeness (QED) is 0.734. The molecule has 2 rings (SSSR count). The standard InChI is InChI=1S/C11H15NO2/c1-7-4-11-8(2-3-14-11)5-9(7)10(13)6-12/h4-5,10,13H,2-3,6,12H2,1H3. The topological polar surface area (TPSA) is 55.5 Å². The molecular weight excluding hydrogens is 178 g/mol. The average Bonchev–Trinajstić information content (AvgIpc) is 2.62. The number of rotatable bonds is 2. The van der Waals surface area contributed by atoms with Gasteiger partial charge in [-0.2, -0.15) is 0 Å². The molecule has 1 aromatic carbocycles. The molecule has 0 bridgehead atoms. The van der Waals surface area contributed by atoms with Crippen molar-refractivity contribution >= 4 is 0 Å². The molecule has 0 aliphatic carbocycles. The van der Waals surface area contributed by atoms with Gasteiger partial charge in [0.25, 0.3) is 0 Å². The van der Waals surface area contributed by atoms with Crippen LogP contribution in [0.3, 0.4) is 0 Å². The SMILES string of the molecule is Cc1cc2c(cc1C(O)CN)CCO2. The number of nitrogens with two attached hydrogens (primary N) is 1. The van der Waals surface area contributed by atoms with E-state index in [1.807, 2.05) is 19.1 Å². The summed E-state index contributed by atoms with van der Waals surface area (Å²) >= 11 is 0. The zero-order valence-corrected chi connectivity index (χ0v) is 8.29. The number of benzene rings is 1. The molecule has 3 N–H and O–H groups in total. The summed E-state index contributed by atoms with van der Waals surface area (Å²) in [6.07, 6.45) is 0.376. The lowest BCUT2D eigenvalue weighted by Gasteiger charge is -2.13. The number of aliphatic hydroxyl groups is 1. The maximum atomic E-state index is 9.68. The van der Waals surface area contributed by atoms with E-state index in [1.165, 1.54) is 5.56 Å². The monoisotopic (exact) mass is 193 g/mol. The first kappa shape index (κ1) is 9.49. The van der Waals surface area contributed by atoms with Gasteiger partial charge in [-0.25, -0.2) is 0 Å². The number of aryl methyl sites for hydroxylation is 1. The van der Waals surface area contributed by atoms with Gasteiger partial charge in [-0.15, -0.1) is 0 Å². The van der Waals surface area contributed by atoms with Crippen LogP contribution < -0.4 is 10.5 Å². The molecule has 1 aliphatic rings. The van der Waals surface area contributed by atoms with Crippen LogP contribution in [-0.2, 0) is 6.42 Å². The Morgan fingerprint density at radius 2 is 2.36 bits per heavy atom. The van der Waals surface area contributed by atoms with Gasteiger partial charge in [0, 0.05) is 13.0 Å². The highest BCUT2D eigenvalue weighted by Crippen LogP contribution is 2.30. The Morgan fingerprint density at radius 3 is 3.07 bits per heavy atom. The summed E-state index contributed by atoms with van der Waals surface area (Å²) in [7, 11) is 0. The molecule has 0 amide bonds. The first-order chi connectivity index (χ1) is 6.72. The largest absolute Gasteiger partial charge is 0.493 e. The van der Waals surface area contributed by atoms with E-state index in [9.17, 15) is 5.11 Å². The van der Waals surface area contributed by atoms with Crippen molar-refractivity contribution in [3.05, 3.63) is 28.8 Å². The van der Waals surface area contributed by atoms with Gasteiger partial charge in [0.2, 0.25) is 0 Å². The number of hydrogen-bond donors (Lipinski definition) is 2. The third kappa shape index (κ3) is 1.49. The molecule has 1 atom stereocenters. The summed E-state index contributed by atoms with van der Waals surface area (Å²) in [4.78, 5) is 0. The van der Waals surface area contributed by atoms with E-state index in [4.69, 9.17) is 10.5 Å². The van der Waals surface area contributed by atoms with E-state index in [-0.39, 0.29) is 6.54 Å². The highest BCUT2D eigenvalue weighted by molar-refractivity contribution is 5.45. The molecule has 1 aliphatic heterocycles. The first-order valence-electron chi connectivity index (χ1n) is 4.86. The Balaban J connectivity index is 2.42. The zero-order valence-electron chi connectivity index (χ0n) is 8.29. The van der Waals surface area contributed by atoms with Gasteiger partial charge in [-0.05, 0) is 35.7 Å². The highest BCUT2D eigenvalue weighted by Gasteiger charge is 2.17. The molecule has 3 nitrogen and oxygen atoms in total. The molecule has 0 fully saturated rings. The summed E-state index contributed by atoms with van der Waals surface area (Å²) < 4.78 is 5.43. The Labute approximate surface area is 83.5 Å². The van der Waals surface area contributed by atoms with E-state index in [2.05, 4.69) is 0 Å². The minimum atomic E-state index is -0.555. The van der Waals surface area contributed by atoms with Crippen molar-refractivity contribution in [1.29, 1.82) is 0 Å². The summed E-state index contributed by atoms with van der Waals surface area (Å²) in [6, 6.07) is 3.99. The molecule has 3 heteroatoms. The molecule has 0 aromatic heterocycles. The van der Waals surface area contributed by atoms with Gasteiger partial charge in [0.1, 0.15) is 5.75 Å². The zero-order chi connectivity index (χ0) is 10.1. The van der Waals surface area contributed by atoms with Crippen molar-refractivity contribution in [3.8, 4) is 5.75 Å². The molecule has 1 unspecified atom stereocenters. The summed E-state index contributed by atoms with van der Waals surface area (Å²) in [5.74, 6) is 0.954. The lowest BCUT2D eigenvalue weighted by Crippen LogP contribution is -2.12. The third-order valence-corrected chi connectivity index (χ3v) is 2.66. The van der Waals surface area contributed by atoms with Crippen LogP contribution in [-0.4, -0.2) is 18.3 Å². The normalized spacial score (nSPS) is 16.2. The lowest BCUT2D eigenvalue weighted by molar-refractivity contribution is 0.186. The van der Waals surface area contributed by atoms with Crippen LogP contribution in [0.25, 0.3) is 0 Å². The van der Waals surface area contributed by atoms with Crippen molar-refractivity contribution in [2.24, 2.45) is 5.73 Å². The van der Waals surface area contributed by atoms with Crippen LogP contribution in [0.4, 0.5) is 0 Å². The number of ether oxygens (including phenoxy) is 1. The lowest BCUT2D eigenvalue weighted by atomic mass is 9.99. The minimum Gasteiger partial charge on any atom is -0.493 e. The van der Waals surface area contributed by atoms with E-state index in [1.54, 1.807) is 0 Å². The maximum Gasteiger partial charge on any atom is 0.122 e. The highest BCUT2D eigenvalue weighted by atomic mass is 16.5. The Bertz CT molecular complexity index is 349. The molecule has 0 spiro atoms. The number of aliphatic hydroxyl groups excluding tert-OH is 1.